The van der Waals surface area contributed by atoms with E-state index in [-0.39, 0.29) is 36.9 Å². The van der Waals surface area contributed by atoms with Crippen LogP contribution >= 0.6 is 0 Å². The van der Waals surface area contributed by atoms with Gasteiger partial charge in [-0.3, -0.25) is 9.59 Å². The van der Waals surface area contributed by atoms with Gasteiger partial charge in [0.2, 0.25) is 5.91 Å². The van der Waals surface area contributed by atoms with Crippen molar-refractivity contribution in [3.05, 3.63) is 71.3 Å². The molecule has 0 bridgehead atoms. The van der Waals surface area contributed by atoms with Gasteiger partial charge in [-0.25, -0.2) is 8.78 Å². The minimum Gasteiger partial charge on any atom is -0.350 e. The number of amides is 2. The van der Waals surface area contributed by atoms with Crippen LogP contribution in [0.5, 0.6) is 0 Å². The monoisotopic (exact) mass is 332 g/mol. The first-order chi connectivity index (χ1) is 11.5. The highest BCUT2D eigenvalue weighted by Gasteiger charge is 2.14. The van der Waals surface area contributed by atoms with E-state index in [0.29, 0.717) is 5.56 Å². The van der Waals surface area contributed by atoms with Crippen molar-refractivity contribution in [3.8, 4) is 0 Å². The molecular formula is C18H18F2N2O2. The zero-order valence-corrected chi connectivity index (χ0v) is 13.3. The van der Waals surface area contributed by atoms with Crippen molar-refractivity contribution in [2.24, 2.45) is 0 Å². The van der Waals surface area contributed by atoms with E-state index in [0.717, 1.165) is 0 Å². The minimum absolute atomic E-state index is 0.0546. The van der Waals surface area contributed by atoms with Gasteiger partial charge in [0.25, 0.3) is 5.91 Å². The van der Waals surface area contributed by atoms with Gasteiger partial charge in [0.05, 0.1) is 5.56 Å². The number of hydrogen-bond acceptors (Lipinski definition) is 2. The van der Waals surface area contributed by atoms with E-state index in [1.54, 1.807) is 24.3 Å². The first kappa shape index (κ1) is 17.6. The lowest BCUT2D eigenvalue weighted by Crippen LogP contribution is -2.37. The van der Waals surface area contributed by atoms with E-state index in [2.05, 4.69) is 5.32 Å². The summed E-state index contributed by atoms with van der Waals surface area (Å²) in [6.07, 6.45) is 0. The van der Waals surface area contributed by atoms with Crippen molar-refractivity contribution in [1.29, 1.82) is 0 Å². The number of halogens is 2. The zero-order valence-electron chi connectivity index (χ0n) is 13.3. The summed E-state index contributed by atoms with van der Waals surface area (Å²) in [5.74, 6) is -1.79. The SMILES string of the molecule is CC(=O)N(CCNC(=O)c1ccccc1F)Cc1ccccc1F. The average Bonchev–Trinajstić information content (AvgIpc) is 2.55. The van der Waals surface area contributed by atoms with E-state index in [1.165, 1.54) is 36.1 Å². The Morgan fingerprint density at radius 2 is 1.62 bits per heavy atom. The van der Waals surface area contributed by atoms with Crippen LogP contribution in [0, 0.1) is 11.6 Å². The molecule has 2 aromatic rings. The van der Waals surface area contributed by atoms with E-state index in [9.17, 15) is 18.4 Å². The van der Waals surface area contributed by atoms with Gasteiger partial charge in [-0.2, -0.15) is 0 Å². The second-order valence-corrected chi connectivity index (χ2v) is 5.27. The van der Waals surface area contributed by atoms with Gasteiger partial charge in [-0.15, -0.1) is 0 Å². The maximum Gasteiger partial charge on any atom is 0.254 e. The van der Waals surface area contributed by atoms with E-state index >= 15 is 0 Å². The number of rotatable bonds is 6. The zero-order chi connectivity index (χ0) is 17.5. The fourth-order valence-corrected chi connectivity index (χ4v) is 2.23. The third-order valence-electron chi connectivity index (χ3n) is 3.55. The maximum atomic E-state index is 13.7. The molecule has 1 N–H and O–H groups in total. The van der Waals surface area contributed by atoms with Crippen LogP contribution in [0.25, 0.3) is 0 Å². The summed E-state index contributed by atoms with van der Waals surface area (Å²) in [6, 6.07) is 11.8. The molecule has 0 saturated heterocycles. The highest BCUT2D eigenvalue weighted by Crippen LogP contribution is 2.10. The smallest absolute Gasteiger partial charge is 0.254 e. The first-order valence-electron chi connectivity index (χ1n) is 7.50. The first-order valence-corrected chi connectivity index (χ1v) is 7.50. The third-order valence-corrected chi connectivity index (χ3v) is 3.55. The Hall–Kier alpha value is -2.76. The molecule has 2 aromatic carbocycles. The predicted molar refractivity (Wildman–Crippen MR) is 86.2 cm³/mol. The van der Waals surface area contributed by atoms with E-state index < -0.39 is 11.7 Å². The molecule has 0 aliphatic carbocycles. The molecule has 0 radical (unpaired) electrons. The number of hydrogen-bond donors (Lipinski definition) is 1. The van der Waals surface area contributed by atoms with Crippen LogP contribution in [0.2, 0.25) is 0 Å². The van der Waals surface area contributed by atoms with Crippen LogP contribution in [0.1, 0.15) is 22.8 Å². The maximum absolute atomic E-state index is 13.7. The van der Waals surface area contributed by atoms with Gasteiger partial charge in [0.1, 0.15) is 11.6 Å². The largest absolute Gasteiger partial charge is 0.350 e. The molecule has 0 unspecified atom stereocenters. The van der Waals surface area contributed by atoms with E-state index in [4.69, 9.17) is 0 Å². The van der Waals surface area contributed by atoms with Crippen LogP contribution in [0.4, 0.5) is 8.78 Å². The fourth-order valence-electron chi connectivity index (χ4n) is 2.23. The molecule has 0 aliphatic heterocycles. The van der Waals surface area contributed by atoms with Crippen molar-refractivity contribution in [2.75, 3.05) is 13.1 Å². The quantitative estimate of drug-likeness (QED) is 0.884. The molecule has 0 atom stereocenters. The van der Waals surface area contributed by atoms with Gasteiger partial charge < -0.3 is 10.2 Å². The molecule has 0 saturated carbocycles. The molecule has 0 spiro atoms. The normalized spacial score (nSPS) is 10.3. The number of benzene rings is 2. The summed E-state index contributed by atoms with van der Waals surface area (Å²) in [4.78, 5) is 25.0. The molecule has 24 heavy (non-hydrogen) atoms. The highest BCUT2D eigenvalue weighted by molar-refractivity contribution is 5.94. The lowest BCUT2D eigenvalue weighted by Gasteiger charge is -2.21. The fraction of sp³-hybridized carbons (Fsp3) is 0.222. The predicted octanol–water partition coefficient (Wildman–Crippen LogP) is 2.74. The minimum atomic E-state index is -0.607. The third kappa shape index (κ3) is 4.62. The van der Waals surface area contributed by atoms with Crippen LogP contribution in [-0.2, 0) is 11.3 Å². The highest BCUT2D eigenvalue weighted by atomic mass is 19.1. The molecular weight excluding hydrogens is 314 g/mol. The summed E-state index contributed by atoms with van der Waals surface area (Å²) in [7, 11) is 0. The Morgan fingerprint density at radius 1 is 1.00 bits per heavy atom. The molecule has 6 heteroatoms. The lowest BCUT2D eigenvalue weighted by atomic mass is 10.2. The summed E-state index contributed by atoms with van der Waals surface area (Å²) in [5.41, 5.74) is 0.342. The molecule has 2 amide bonds. The molecule has 4 nitrogen and oxygen atoms in total. The van der Waals surface area contributed by atoms with Crippen LogP contribution in [-0.4, -0.2) is 29.8 Å². The Morgan fingerprint density at radius 3 is 2.25 bits per heavy atom. The lowest BCUT2D eigenvalue weighted by molar-refractivity contribution is -0.129. The summed E-state index contributed by atoms with van der Waals surface area (Å²) in [6.45, 7) is 1.82. The van der Waals surface area contributed by atoms with Crippen molar-refractivity contribution < 1.29 is 18.4 Å². The summed E-state index contributed by atoms with van der Waals surface area (Å²) in [5, 5.41) is 2.56. The summed E-state index contributed by atoms with van der Waals surface area (Å²) >= 11 is 0. The number of carbonyl (C=O) groups excluding carboxylic acids is 2. The number of nitrogens with one attached hydrogen (secondary N) is 1. The van der Waals surface area contributed by atoms with E-state index in [1.807, 2.05) is 0 Å². The molecule has 0 aromatic heterocycles. The summed E-state index contributed by atoms with van der Waals surface area (Å²) < 4.78 is 27.2. The molecule has 126 valence electrons. The average molecular weight is 332 g/mol. The van der Waals surface area contributed by atoms with Crippen LogP contribution < -0.4 is 5.32 Å². The van der Waals surface area contributed by atoms with Crippen molar-refractivity contribution in [3.63, 3.8) is 0 Å². The van der Waals surface area contributed by atoms with Crippen molar-refractivity contribution in [1.82, 2.24) is 10.2 Å². The molecule has 2 rings (SSSR count). The van der Waals surface area contributed by atoms with Crippen molar-refractivity contribution >= 4 is 11.8 Å². The number of nitrogens with zero attached hydrogens (tertiary/aromatic N) is 1. The molecule has 0 heterocycles. The van der Waals surface area contributed by atoms with Crippen molar-refractivity contribution in [2.45, 2.75) is 13.5 Å². The van der Waals surface area contributed by atoms with Crippen LogP contribution in [0.15, 0.2) is 48.5 Å². The Bertz CT molecular complexity index is 734. The second kappa shape index (κ2) is 8.19. The Balaban J connectivity index is 1.93. The molecule has 0 fully saturated rings. The standard InChI is InChI=1S/C18H18F2N2O2/c1-13(23)22(12-14-6-2-4-8-16(14)19)11-10-21-18(24)15-7-3-5-9-17(15)20/h2-9H,10-12H2,1H3,(H,21,24). The molecule has 0 aliphatic rings. The van der Waals surface area contributed by atoms with Crippen LogP contribution in [0.3, 0.4) is 0 Å². The Kier molecular flexibility index (Phi) is 6.01. The Labute approximate surface area is 139 Å². The van der Waals surface area contributed by atoms with Gasteiger partial charge in [-0.1, -0.05) is 30.3 Å². The number of carbonyl (C=O) groups is 2. The van der Waals surface area contributed by atoms with Gasteiger partial charge >= 0.3 is 0 Å². The van der Waals surface area contributed by atoms with Gasteiger partial charge in [0.15, 0.2) is 0 Å². The topological polar surface area (TPSA) is 49.4 Å². The second-order valence-electron chi connectivity index (χ2n) is 5.27. The van der Waals surface area contributed by atoms with Gasteiger partial charge in [-0.05, 0) is 18.2 Å². The van der Waals surface area contributed by atoms with Gasteiger partial charge in [0, 0.05) is 32.1 Å².